The Morgan fingerprint density at radius 1 is 1.28 bits per heavy atom. The van der Waals surface area contributed by atoms with Gasteiger partial charge in [0.1, 0.15) is 24.3 Å². The molecule has 1 saturated heterocycles. The molecule has 2 amide bonds. The number of amides is 2. The lowest BCUT2D eigenvalue weighted by molar-refractivity contribution is 0.0949. The fourth-order valence-corrected chi connectivity index (χ4v) is 5.10. The van der Waals surface area contributed by atoms with Gasteiger partial charge in [-0.25, -0.2) is 14.1 Å². The van der Waals surface area contributed by atoms with Gasteiger partial charge in [0.2, 0.25) is 5.88 Å². The number of benzene rings is 1. The number of cyclic esters (lactones) is 1. The molecule has 1 aromatic carbocycles. The molecule has 11 heteroatoms. The number of nitriles is 1. The van der Waals surface area contributed by atoms with Crippen molar-refractivity contribution in [2.75, 3.05) is 19.8 Å². The van der Waals surface area contributed by atoms with Crippen LogP contribution in [0, 0.1) is 11.3 Å². The third-order valence-corrected chi connectivity index (χ3v) is 7.65. The van der Waals surface area contributed by atoms with Crippen LogP contribution in [0.2, 0.25) is 0 Å². The van der Waals surface area contributed by atoms with Crippen molar-refractivity contribution in [3.8, 4) is 11.9 Å². The minimum absolute atomic E-state index is 0.0116. The predicted molar refractivity (Wildman–Crippen MR) is 132 cm³/mol. The van der Waals surface area contributed by atoms with Crippen molar-refractivity contribution < 1.29 is 19.1 Å². The van der Waals surface area contributed by atoms with Gasteiger partial charge in [-0.2, -0.15) is 5.26 Å². The molecule has 2 aliphatic rings. The first-order valence-corrected chi connectivity index (χ1v) is 12.2. The van der Waals surface area contributed by atoms with Crippen LogP contribution < -0.4 is 15.6 Å². The Kier molecular flexibility index (Phi) is 6.28. The zero-order chi connectivity index (χ0) is 25.3. The van der Waals surface area contributed by atoms with Gasteiger partial charge in [-0.1, -0.05) is 12.1 Å². The van der Waals surface area contributed by atoms with E-state index in [2.05, 4.69) is 10.3 Å². The van der Waals surface area contributed by atoms with Crippen LogP contribution in [0.5, 0.6) is 5.88 Å². The second-order valence-corrected chi connectivity index (χ2v) is 10.2. The standard InChI is InChI=1S/C25H23N5O5S/c1-29-20-18(12-19(23(29)32)21(31)28-14-17-4-2-16(13-26)3-5-17)6-9-27-22(20)35-15-25(7-8-25)36-30-10-11-34-24(30)33/h2-6,9,12H,7-8,10-11,14-15H2,1H3,(H,28,31). The molecule has 0 atom stereocenters. The molecule has 184 valence electrons. The van der Waals surface area contributed by atoms with Crippen molar-refractivity contribution in [1.82, 2.24) is 19.2 Å². The van der Waals surface area contributed by atoms with Crippen LogP contribution in [0.4, 0.5) is 4.79 Å². The normalized spacial score (nSPS) is 15.9. The number of hydrogen-bond donors (Lipinski definition) is 1. The van der Waals surface area contributed by atoms with Gasteiger partial charge < -0.3 is 19.4 Å². The maximum atomic E-state index is 13.1. The molecule has 0 bridgehead atoms. The summed E-state index contributed by atoms with van der Waals surface area (Å²) in [5, 5.41) is 12.3. The summed E-state index contributed by atoms with van der Waals surface area (Å²) >= 11 is 1.44. The van der Waals surface area contributed by atoms with Gasteiger partial charge >= 0.3 is 6.09 Å². The van der Waals surface area contributed by atoms with E-state index in [0.29, 0.717) is 42.1 Å². The zero-order valence-corrected chi connectivity index (χ0v) is 20.3. The first kappa shape index (κ1) is 23.7. The van der Waals surface area contributed by atoms with Crippen molar-refractivity contribution in [2.45, 2.75) is 24.1 Å². The Labute approximate surface area is 210 Å². The third kappa shape index (κ3) is 4.72. The molecule has 5 rings (SSSR count). The molecule has 36 heavy (non-hydrogen) atoms. The van der Waals surface area contributed by atoms with E-state index < -0.39 is 11.5 Å². The molecule has 1 saturated carbocycles. The molecular formula is C25H23N5O5S. The average molecular weight is 506 g/mol. The molecule has 3 aromatic rings. The molecular weight excluding hydrogens is 482 g/mol. The molecule has 3 heterocycles. The Balaban J connectivity index is 1.32. The summed E-state index contributed by atoms with van der Waals surface area (Å²) in [6, 6.07) is 12.2. The minimum atomic E-state index is -0.494. The molecule has 0 spiro atoms. The Morgan fingerprint density at radius 2 is 2.06 bits per heavy atom. The van der Waals surface area contributed by atoms with Crippen molar-refractivity contribution >= 4 is 34.9 Å². The third-order valence-electron chi connectivity index (χ3n) is 6.18. The molecule has 0 unspecified atom stereocenters. The Bertz CT molecular complexity index is 1440. The number of carbonyl (C=O) groups is 2. The zero-order valence-electron chi connectivity index (χ0n) is 19.5. The highest BCUT2D eigenvalue weighted by molar-refractivity contribution is 7.99. The van der Waals surface area contributed by atoms with Crippen molar-refractivity contribution in [1.29, 1.82) is 5.26 Å². The largest absolute Gasteiger partial charge is 0.475 e. The van der Waals surface area contributed by atoms with E-state index in [1.807, 2.05) is 6.07 Å². The fourth-order valence-electron chi connectivity index (χ4n) is 3.94. The quantitative estimate of drug-likeness (QED) is 0.463. The first-order chi connectivity index (χ1) is 17.4. The molecule has 1 N–H and O–H groups in total. The summed E-state index contributed by atoms with van der Waals surface area (Å²) in [5.41, 5.74) is 1.39. The topological polar surface area (TPSA) is 127 Å². The van der Waals surface area contributed by atoms with Crippen molar-refractivity contribution in [2.24, 2.45) is 7.05 Å². The highest BCUT2D eigenvalue weighted by Gasteiger charge is 2.48. The maximum Gasteiger partial charge on any atom is 0.420 e. The van der Waals surface area contributed by atoms with E-state index in [9.17, 15) is 14.4 Å². The van der Waals surface area contributed by atoms with Crippen molar-refractivity contribution in [3.05, 3.63) is 69.6 Å². The predicted octanol–water partition coefficient (Wildman–Crippen LogP) is 2.75. The van der Waals surface area contributed by atoms with Crippen molar-refractivity contribution in [3.63, 3.8) is 0 Å². The Hall–Kier alpha value is -4.04. The average Bonchev–Trinajstić information content (AvgIpc) is 3.55. The summed E-state index contributed by atoms with van der Waals surface area (Å²) in [7, 11) is 1.58. The van der Waals surface area contributed by atoms with Crippen LogP contribution in [0.15, 0.2) is 47.4 Å². The SMILES string of the molecule is Cn1c(=O)c(C(=O)NCc2ccc(C#N)cc2)cc2ccnc(OCC3(SN4CCOC4=O)CC3)c21. The van der Waals surface area contributed by atoms with Crippen LogP contribution in [0.1, 0.15) is 34.3 Å². The van der Waals surface area contributed by atoms with Gasteiger partial charge in [-0.3, -0.25) is 9.59 Å². The van der Waals surface area contributed by atoms with Gasteiger partial charge in [0.15, 0.2) is 0 Å². The number of nitrogens with zero attached hydrogens (tertiary/aromatic N) is 4. The van der Waals surface area contributed by atoms with Gasteiger partial charge in [0, 0.05) is 25.2 Å². The van der Waals surface area contributed by atoms with Crippen LogP contribution in [0.3, 0.4) is 0 Å². The highest BCUT2D eigenvalue weighted by Crippen LogP contribution is 2.50. The second-order valence-electron chi connectivity index (χ2n) is 8.75. The van der Waals surface area contributed by atoms with Gasteiger partial charge in [0.05, 0.1) is 22.9 Å². The van der Waals surface area contributed by atoms with Crippen LogP contribution in [0.25, 0.3) is 10.9 Å². The van der Waals surface area contributed by atoms with E-state index in [1.54, 1.807) is 53.9 Å². The number of fused-ring (bicyclic) bond motifs is 1. The molecule has 10 nitrogen and oxygen atoms in total. The summed E-state index contributed by atoms with van der Waals surface area (Å²) < 4.78 is 13.8. The lowest BCUT2D eigenvalue weighted by Crippen LogP contribution is -2.32. The minimum Gasteiger partial charge on any atom is -0.475 e. The fraction of sp³-hybridized carbons (Fsp3) is 0.320. The molecule has 2 fully saturated rings. The van der Waals surface area contributed by atoms with E-state index in [4.69, 9.17) is 14.7 Å². The lowest BCUT2D eigenvalue weighted by atomic mass is 10.1. The van der Waals surface area contributed by atoms with E-state index in [0.717, 1.165) is 18.4 Å². The number of nitrogens with one attached hydrogen (secondary N) is 1. The molecule has 1 aliphatic carbocycles. The monoisotopic (exact) mass is 505 g/mol. The molecule has 1 aliphatic heterocycles. The van der Waals surface area contributed by atoms with E-state index >= 15 is 0 Å². The van der Waals surface area contributed by atoms with Gasteiger partial charge in [0.25, 0.3) is 11.5 Å². The maximum absolute atomic E-state index is 13.1. The number of carbonyl (C=O) groups excluding carboxylic acids is 2. The summed E-state index contributed by atoms with van der Waals surface area (Å²) in [5.74, 6) is -0.195. The number of rotatable bonds is 8. The number of aryl methyl sites for hydroxylation is 1. The van der Waals surface area contributed by atoms with E-state index in [1.165, 1.54) is 16.5 Å². The van der Waals surface area contributed by atoms with Gasteiger partial charge in [-0.15, -0.1) is 0 Å². The lowest BCUT2D eigenvalue weighted by Gasteiger charge is -2.20. The number of aromatic nitrogens is 2. The number of hydrogen-bond acceptors (Lipinski definition) is 8. The van der Waals surface area contributed by atoms with E-state index in [-0.39, 0.29) is 22.9 Å². The number of ether oxygens (including phenoxy) is 2. The van der Waals surface area contributed by atoms with Crippen LogP contribution >= 0.6 is 11.9 Å². The first-order valence-electron chi connectivity index (χ1n) is 11.4. The van der Waals surface area contributed by atoms with Crippen LogP contribution in [-0.4, -0.2) is 50.4 Å². The number of pyridine rings is 2. The summed E-state index contributed by atoms with van der Waals surface area (Å²) in [6.07, 6.45) is 3.04. The highest BCUT2D eigenvalue weighted by atomic mass is 32.2. The van der Waals surface area contributed by atoms with Gasteiger partial charge in [-0.05, 0) is 54.6 Å². The Morgan fingerprint density at radius 3 is 2.72 bits per heavy atom. The molecule has 0 radical (unpaired) electrons. The summed E-state index contributed by atoms with van der Waals surface area (Å²) in [4.78, 5) is 42.0. The van der Waals surface area contributed by atoms with Crippen LogP contribution in [-0.2, 0) is 18.3 Å². The second kappa shape index (κ2) is 9.54. The summed E-state index contributed by atoms with van der Waals surface area (Å²) in [6.45, 7) is 1.48. The molecule has 2 aromatic heterocycles. The smallest absolute Gasteiger partial charge is 0.420 e.